The highest BCUT2D eigenvalue weighted by Gasteiger charge is 2.21. The molecule has 0 atom stereocenters. The van der Waals surface area contributed by atoms with Crippen LogP contribution in [0, 0.1) is 0 Å². The second kappa shape index (κ2) is 8.80. The van der Waals surface area contributed by atoms with E-state index in [4.69, 9.17) is 9.47 Å². The van der Waals surface area contributed by atoms with E-state index in [1.54, 1.807) is 24.5 Å². The molecule has 0 aromatic carbocycles. The van der Waals surface area contributed by atoms with Gasteiger partial charge in [0, 0.05) is 12.4 Å². The maximum Gasteiger partial charge on any atom is 0.344 e. The predicted octanol–water partition coefficient (Wildman–Crippen LogP) is 3.24. The Hall–Kier alpha value is -3.15. The summed E-state index contributed by atoms with van der Waals surface area (Å²) in [6.45, 7) is 3.88. The fraction of sp³-hybridized carbons (Fsp3) is 0.250. The fourth-order valence-corrected chi connectivity index (χ4v) is 2.39. The van der Waals surface area contributed by atoms with Crippen LogP contribution in [0.5, 0.6) is 5.88 Å². The van der Waals surface area contributed by atoms with E-state index >= 15 is 0 Å². The third kappa shape index (κ3) is 4.47. The van der Waals surface area contributed by atoms with Crippen molar-refractivity contribution in [1.82, 2.24) is 9.97 Å². The minimum Gasteiger partial charge on any atom is -0.482 e. The summed E-state index contributed by atoms with van der Waals surface area (Å²) < 4.78 is 10.1. The number of hydrogen-bond acceptors (Lipinski definition) is 5. The van der Waals surface area contributed by atoms with Crippen molar-refractivity contribution in [2.75, 3.05) is 14.2 Å². The minimum atomic E-state index is -0.693. The maximum absolute atomic E-state index is 12.9. The second-order valence-electron chi connectivity index (χ2n) is 5.85. The first kappa shape index (κ1) is 19.2. The Labute approximate surface area is 152 Å². The molecule has 0 fully saturated rings. The summed E-state index contributed by atoms with van der Waals surface area (Å²) in [5.41, 5.74) is 2.21. The summed E-state index contributed by atoms with van der Waals surface area (Å²) in [7, 11) is 2.73. The number of esters is 1. The number of nitrogens with zero attached hydrogens (tertiary/aromatic N) is 1. The fourth-order valence-electron chi connectivity index (χ4n) is 2.39. The van der Waals surface area contributed by atoms with Gasteiger partial charge < -0.3 is 14.5 Å². The molecule has 0 aliphatic heterocycles. The van der Waals surface area contributed by atoms with Crippen molar-refractivity contribution in [3.63, 3.8) is 0 Å². The van der Waals surface area contributed by atoms with Gasteiger partial charge >= 0.3 is 5.97 Å². The number of aromatic amines is 1. The first-order valence-electron chi connectivity index (χ1n) is 8.10. The van der Waals surface area contributed by atoms with E-state index in [0.717, 1.165) is 11.1 Å². The average molecular weight is 354 g/mol. The van der Waals surface area contributed by atoms with Crippen molar-refractivity contribution >= 4 is 18.1 Å². The molecule has 2 rings (SSSR count). The lowest BCUT2D eigenvalue weighted by Crippen LogP contribution is -2.23. The molecule has 2 aromatic rings. The van der Waals surface area contributed by atoms with Gasteiger partial charge in [0.05, 0.1) is 25.5 Å². The van der Waals surface area contributed by atoms with Gasteiger partial charge in [0.15, 0.2) is 5.88 Å². The van der Waals surface area contributed by atoms with Gasteiger partial charge in [-0.3, -0.25) is 9.78 Å². The Morgan fingerprint density at radius 1 is 1.19 bits per heavy atom. The molecule has 0 aliphatic rings. The second-order valence-corrected chi connectivity index (χ2v) is 5.85. The van der Waals surface area contributed by atoms with Crippen LogP contribution in [0.4, 0.5) is 0 Å². The van der Waals surface area contributed by atoms with Crippen LogP contribution in [-0.2, 0) is 11.2 Å². The molecule has 1 N–H and O–H groups in total. The van der Waals surface area contributed by atoms with Crippen LogP contribution in [0.3, 0.4) is 0 Å². The molecule has 26 heavy (non-hydrogen) atoms. The highest BCUT2D eigenvalue weighted by Crippen LogP contribution is 2.19. The number of methoxy groups -OCH3 is 2. The highest BCUT2D eigenvalue weighted by molar-refractivity contribution is 5.94. The number of allylic oxidation sites excluding steroid dienone is 2. The zero-order valence-corrected chi connectivity index (χ0v) is 15.3. The average Bonchev–Trinajstić information content (AvgIpc) is 2.65. The highest BCUT2D eigenvalue weighted by atomic mass is 16.5. The Bertz CT molecular complexity index is 892. The van der Waals surface area contributed by atoms with Crippen molar-refractivity contribution in [2.24, 2.45) is 0 Å². The van der Waals surface area contributed by atoms with E-state index in [1.165, 1.54) is 14.2 Å². The summed E-state index contributed by atoms with van der Waals surface area (Å²) in [6.07, 6.45) is 9.00. The molecule has 6 heteroatoms. The van der Waals surface area contributed by atoms with Gasteiger partial charge in [-0.2, -0.15) is 0 Å². The van der Waals surface area contributed by atoms with Gasteiger partial charge in [-0.05, 0) is 44.0 Å². The molecule has 0 saturated heterocycles. The molecule has 0 bridgehead atoms. The van der Waals surface area contributed by atoms with Crippen LogP contribution in [0.2, 0.25) is 0 Å². The van der Waals surface area contributed by atoms with Crippen molar-refractivity contribution in [3.05, 3.63) is 68.8 Å². The summed E-state index contributed by atoms with van der Waals surface area (Å²) in [4.78, 5) is 32.1. The normalized spacial score (nSPS) is 10.6. The molecule has 6 nitrogen and oxygen atoms in total. The zero-order valence-electron chi connectivity index (χ0n) is 15.3. The minimum absolute atomic E-state index is 0.0456. The number of carbonyl (C=O) groups excluding carboxylic acids is 1. The summed E-state index contributed by atoms with van der Waals surface area (Å²) >= 11 is 0. The number of pyridine rings is 2. The van der Waals surface area contributed by atoms with Gasteiger partial charge in [0.25, 0.3) is 0 Å². The van der Waals surface area contributed by atoms with Crippen LogP contribution < -0.4 is 10.2 Å². The zero-order chi connectivity index (χ0) is 19.1. The monoisotopic (exact) mass is 354 g/mol. The van der Waals surface area contributed by atoms with Crippen LogP contribution in [-0.4, -0.2) is 30.2 Å². The first-order valence-corrected chi connectivity index (χ1v) is 8.10. The topological polar surface area (TPSA) is 81.3 Å². The van der Waals surface area contributed by atoms with Crippen molar-refractivity contribution < 1.29 is 14.3 Å². The van der Waals surface area contributed by atoms with Gasteiger partial charge in [-0.15, -0.1) is 0 Å². The Morgan fingerprint density at radius 2 is 1.88 bits per heavy atom. The Balaban J connectivity index is 2.61. The molecule has 0 saturated carbocycles. The van der Waals surface area contributed by atoms with Crippen molar-refractivity contribution in [3.8, 4) is 5.88 Å². The number of carbonyl (C=O) groups is 1. The van der Waals surface area contributed by atoms with Gasteiger partial charge in [0.2, 0.25) is 5.43 Å². The molecule has 0 amide bonds. The van der Waals surface area contributed by atoms with E-state index in [2.05, 4.69) is 9.97 Å². The van der Waals surface area contributed by atoms with E-state index < -0.39 is 11.4 Å². The van der Waals surface area contributed by atoms with Crippen LogP contribution in [0.25, 0.3) is 12.2 Å². The number of H-pyrrole nitrogens is 1. The van der Waals surface area contributed by atoms with Crippen LogP contribution >= 0.6 is 0 Å². The lowest BCUT2D eigenvalue weighted by molar-refractivity contribution is 0.0598. The molecule has 2 aromatic heterocycles. The van der Waals surface area contributed by atoms with Gasteiger partial charge in [-0.1, -0.05) is 17.7 Å². The lowest BCUT2D eigenvalue weighted by atomic mass is 10.0. The van der Waals surface area contributed by atoms with E-state index in [0.29, 0.717) is 23.6 Å². The smallest absolute Gasteiger partial charge is 0.344 e. The van der Waals surface area contributed by atoms with Crippen molar-refractivity contribution in [1.29, 1.82) is 0 Å². The third-order valence-electron chi connectivity index (χ3n) is 3.75. The SMILES string of the molecule is COC(=O)c1c(/C=C/c2ccncc2)[nH]c(OC)c(CC=C(C)C)c1=O. The van der Waals surface area contributed by atoms with Crippen LogP contribution in [0.1, 0.15) is 41.0 Å². The van der Waals surface area contributed by atoms with Crippen molar-refractivity contribution in [2.45, 2.75) is 20.3 Å². The van der Waals surface area contributed by atoms with E-state index in [9.17, 15) is 9.59 Å². The molecule has 0 aliphatic carbocycles. The van der Waals surface area contributed by atoms with Crippen LogP contribution in [0.15, 0.2) is 41.0 Å². The lowest BCUT2D eigenvalue weighted by Gasteiger charge is -2.12. The Morgan fingerprint density at radius 3 is 2.46 bits per heavy atom. The largest absolute Gasteiger partial charge is 0.482 e. The standard InChI is InChI=1S/C20H22N2O4/c1-13(2)5-7-15-18(23)17(20(24)26-4)16(22-19(15)25-3)8-6-14-9-11-21-12-10-14/h5-6,8-12H,7H2,1-4H3,(H,22,23)/b8-6+. The van der Waals surface area contributed by atoms with Gasteiger partial charge in [-0.25, -0.2) is 4.79 Å². The first-order chi connectivity index (χ1) is 12.5. The summed E-state index contributed by atoms with van der Waals surface area (Å²) in [6, 6.07) is 3.62. The van der Waals surface area contributed by atoms with Gasteiger partial charge in [0.1, 0.15) is 5.56 Å². The third-order valence-corrected chi connectivity index (χ3v) is 3.75. The predicted molar refractivity (Wildman–Crippen MR) is 101 cm³/mol. The molecule has 2 heterocycles. The molecular weight excluding hydrogens is 332 g/mol. The number of nitrogens with one attached hydrogen (secondary N) is 1. The molecular formula is C20H22N2O4. The summed E-state index contributed by atoms with van der Waals surface area (Å²) in [5, 5.41) is 0. The maximum atomic E-state index is 12.9. The molecule has 136 valence electrons. The number of hydrogen-bond donors (Lipinski definition) is 1. The number of aromatic nitrogens is 2. The summed E-state index contributed by atoms with van der Waals surface area (Å²) in [5.74, 6) is -0.365. The van der Waals surface area contributed by atoms with E-state index in [1.807, 2.05) is 32.1 Å². The molecule has 0 unspecified atom stereocenters. The molecule has 0 radical (unpaired) electrons. The number of rotatable bonds is 6. The Kier molecular flexibility index (Phi) is 6.49. The van der Waals surface area contributed by atoms with E-state index in [-0.39, 0.29) is 5.56 Å². The molecule has 0 spiro atoms. The quantitative estimate of drug-likeness (QED) is 0.636. The number of ether oxygens (including phenoxy) is 2.